The second kappa shape index (κ2) is 9.88. The van der Waals surface area contributed by atoms with Crippen LogP contribution >= 0.6 is 11.6 Å². The summed E-state index contributed by atoms with van der Waals surface area (Å²) in [6, 6.07) is 7.65. The molecule has 2 aliphatic heterocycles. The van der Waals surface area contributed by atoms with E-state index in [1.54, 1.807) is 0 Å². The maximum atomic E-state index is 12.9. The Labute approximate surface area is 205 Å². The van der Waals surface area contributed by atoms with Gasteiger partial charge in [0, 0.05) is 31.2 Å². The molecule has 0 bridgehead atoms. The van der Waals surface area contributed by atoms with Gasteiger partial charge in [0.1, 0.15) is 5.52 Å². The number of anilines is 1. The number of aromatic nitrogens is 4. The van der Waals surface area contributed by atoms with Crippen LogP contribution in [0.2, 0.25) is 5.02 Å². The zero-order chi connectivity index (χ0) is 23.7. The molecular formula is C25H32ClN7O. The minimum Gasteiger partial charge on any atom is -0.355 e. The Hall–Kier alpha value is -2.71. The highest BCUT2D eigenvalue weighted by Crippen LogP contribution is 2.31. The van der Waals surface area contributed by atoms with Crippen molar-refractivity contribution in [3.05, 3.63) is 40.7 Å². The van der Waals surface area contributed by atoms with Crippen LogP contribution in [0, 0.1) is 19.8 Å². The van der Waals surface area contributed by atoms with Gasteiger partial charge in [0.2, 0.25) is 5.91 Å². The first-order valence-corrected chi connectivity index (χ1v) is 12.6. The zero-order valence-electron chi connectivity index (χ0n) is 19.9. The van der Waals surface area contributed by atoms with Crippen molar-refractivity contribution >= 4 is 34.2 Å². The van der Waals surface area contributed by atoms with E-state index < -0.39 is 0 Å². The molecule has 1 unspecified atom stereocenters. The van der Waals surface area contributed by atoms with Gasteiger partial charge in [-0.25, -0.2) is 4.68 Å². The highest BCUT2D eigenvalue weighted by atomic mass is 35.5. The van der Waals surface area contributed by atoms with E-state index in [0.717, 1.165) is 72.8 Å². The lowest BCUT2D eigenvalue weighted by molar-refractivity contribution is -0.125. The lowest BCUT2D eigenvalue weighted by Crippen LogP contribution is -2.45. The standard InChI is InChI=1S/C25H32ClN7O/c1-17-22-18(2)33(21-9-7-20(26)8-10-21)30-23(22)24(29-28-17)32-14-5-6-19(16-32)25(34)27-11-15-31-12-3-4-13-31/h7-10,19H,3-6,11-16H2,1-2H3,(H,27,34). The van der Waals surface area contributed by atoms with Crippen LogP contribution in [-0.2, 0) is 4.79 Å². The SMILES string of the molecule is Cc1nnc(N2CCCC(C(=O)NCCN3CCCC3)C2)c2nn(-c3ccc(Cl)cc3)c(C)c12. The number of rotatable bonds is 6. The lowest BCUT2D eigenvalue weighted by atomic mass is 9.97. The highest BCUT2D eigenvalue weighted by Gasteiger charge is 2.29. The summed E-state index contributed by atoms with van der Waals surface area (Å²) < 4.78 is 1.92. The summed E-state index contributed by atoms with van der Waals surface area (Å²) >= 11 is 6.08. The number of halogens is 1. The fourth-order valence-corrected chi connectivity index (χ4v) is 5.36. The molecule has 2 aromatic heterocycles. The average molecular weight is 482 g/mol. The van der Waals surface area contributed by atoms with Crippen molar-refractivity contribution in [3.63, 3.8) is 0 Å². The van der Waals surface area contributed by atoms with E-state index in [0.29, 0.717) is 18.1 Å². The molecule has 5 rings (SSSR count). The van der Waals surface area contributed by atoms with Crippen molar-refractivity contribution < 1.29 is 4.79 Å². The van der Waals surface area contributed by atoms with Gasteiger partial charge >= 0.3 is 0 Å². The summed E-state index contributed by atoms with van der Waals surface area (Å²) in [4.78, 5) is 17.5. The van der Waals surface area contributed by atoms with Gasteiger partial charge in [-0.2, -0.15) is 10.2 Å². The quantitative estimate of drug-likeness (QED) is 0.580. The van der Waals surface area contributed by atoms with Crippen molar-refractivity contribution in [2.75, 3.05) is 44.2 Å². The van der Waals surface area contributed by atoms with Crippen molar-refractivity contribution in [1.82, 2.24) is 30.2 Å². The Morgan fingerprint density at radius 2 is 1.85 bits per heavy atom. The number of likely N-dealkylation sites (tertiary alicyclic amines) is 1. The monoisotopic (exact) mass is 481 g/mol. The topological polar surface area (TPSA) is 79.2 Å². The normalized spacial score (nSPS) is 19.1. The van der Waals surface area contributed by atoms with Crippen LogP contribution < -0.4 is 10.2 Å². The second-order valence-electron chi connectivity index (χ2n) is 9.43. The molecule has 4 heterocycles. The molecule has 9 heteroatoms. The number of piperidine rings is 1. The summed E-state index contributed by atoms with van der Waals surface area (Å²) in [6.45, 7) is 9.45. The van der Waals surface area contributed by atoms with Gasteiger partial charge in [-0.05, 0) is 76.9 Å². The minimum absolute atomic E-state index is 0.0510. The van der Waals surface area contributed by atoms with Crippen molar-refractivity contribution in [3.8, 4) is 5.69 Å². The second-order valence-corrected chi connectivity index (χ2v) is 9.87. The van der Waals surface area contributed by atoms with Crippen LogP contribution in [0.5, 0.6) is 0 Å². The first-order chi connectivity index (χ1) is 16.5. The number of nitrogens with zero attached hydrogens (tertiary/aromatic N) is 6. The summed E-state index contributed by atoms with van der Waals surface area (Å²) in [5.74, 6) is 0.846. The molecular weight excluding hydrogens is 450 g/mol. The zero-order valence-corrected chi connectivity index (χ0v) is 20.7. The number of benzene rings is 1. The largest absolute Gasteiger partial charge is 0.355 e. The molecule has 1 N–H and O–H groups in total. The molecule has 0 aliphatic carbocycles. The lowest BCUT2D eigenvalue weighted by Gasteiger charge is -2.32. The Bertz CT molecular complexity index is 1170. The van der Waals surface area contributed by atoms with Gasteiger partial charge in [0.05, 0.1) is 28.4 Å². The average Bonchev–Trinajstić information content (AvgIpc) is 3.48. The van der Waals surface area contributed by atoms with E-state index in [2.05, 4.69) is 32.2 Å². The van der Waals surface area contributed by atoms with E-state index in [1.807, 2.05) is 35.9 Å². The predicted molar refractivity (Wildman–Crippen MR) is 135 cm³/mol. The first kappa shape index (κ1) is 23.1. The fourth-order valence-electron chi connectivity index (χ4n) is 5.23. The molecule has 1 amide bonds. The third-order valence-electron chi connectivity index (χ3n) is 7.07. The van der Waals surface area contributed by atoms with Gasteiger partial charge in [0.25, 0.3) is 0 Å². The summed E-state index contributed by atoms with van der Waals surface area (Å²) in [6.07, 6.45) is 4.38. The molecule has 8 nitrogen and oxygen atoms in total. The van der Waals surface area contributed by atoms with Crippen molar-refractivity contribution in [1.29, 1.82) is 0 Å². The van der Waals surface area contributed by atoms with Crippen LogP contribution in [0.25, 0.3) is 16.6 Å². The summed E-state index contributed by atoms with van der Waals surface area (Å²) in [7, 11) is 0. The third-order valence-corrected chi connectivity index (χ3v) is 7.33. The van der Waals surface area contributed by atoms with Crippen LogP contribution in [0.1, 0.15) is 37.1 Å². The number of carbonyl (C=O) groups excluding carboxylic acids is 1. The van der Waals surface area contributed by atoms with Crippen molar-refractivity contribution in [2.45, 2.75) is 39.5 Å². The number of nitrogens with one attached hydrogen (secondary N) is 1. The van der Waals surface area contributed by atoms with Gasteiger partial charge in [-0.1, -0.05) is 11.6 Å². The third kappa shape index (κ3) is 4.61. The van der Waals surface area contributed by atoms with Crippen LogP contribution in [0.4, 0.5) is 5.82 Å². The number of hydrogen-bond acceptors (Lipinski definition) is 6. The molecule has 2 fully saturated rings. The van der Waals surface area contributed by atoms with Gasteiger partial charge in [0.15, 0.2) is 5.82 Å². The maximum Gasteiger partial charge on any atom is 0.224 e. The van der Waals surface area contributed by atoms with Crippen LogP contribution in [-0.4, -0.2) is 70.1 Å². The smallest absolute Gasteiger partial charge is 0.224 e. The van der Waals surface area contributed by atoms with Crippen LogP contribution in [0.3, 0.4) is 0 Å². The molecule has 2 saturated heterocycles. The molecule has 3 aromatic rings. The molecule has 180 valence electrons. The van der Waals surface area contributed by atoms with Crippen molar-refractivity contribution in [2.24, 2.45) is 5.92 Å². The van der Waals surface area contributed by atoms with Gasteiger partial charge in [-0.3, -0.25) is 4.79 Å². The Kier molecular flexibility index (Phi) is 6.70. The van der Waals surface area contributed by atoms with Gasteiger partial charge in [-0.15, -0.1) is 5.10 Å². The Morgan fingerprint density at radius 3 is 2.62 bits per heavy atom. The molecule has 0 radical (unpaired) electrons. The molecule has 1 aromatic carbocycles. The molecule has 34 heavy (non-hydrogen) atoms. The summed E-state index contributed by atoms with van der Waals surface area (Å²) in [5.41, 5.74) is 3.64. The number of hydrogen-bond donors (Lipinski definition) is 1. The van der Waals surface area contributed by atoms with E-state index in [-0.39, 0.29) is 11.8 Å². The number of carbonyl (C=O) groups is 1. The Morgan fingerprint density at radius 1 is 1.09 bits per heavy atom. The predicted octanol–water partition coefficient (Wildman–Crippen LogP) is 3.51. The molecule has 2 aliphatic rings. The number of fused-ring (bicyclic) bond motifs is 1. The maximum absolute atomic E-state index is 12.9. The van der Waals surface area contributed by atoms with E-state index >= 15 is 0 Å². The van der Waals surface area contributed by atoms with E-state index in [4.69, 9.17) is 16.7 Å². The van der Waals surface area contributed by atoms with Crippen LogP contribution in [0.15, 0.2) is 24.3 Å². The fraction of sp³-hybridized carbons (Fsp3) is 0.520. The van der Waals surface area contributed by atoms with E-state index in [9.17, 15) is 4.79 Å². The first-order valence-electron chi connectivity index (χ1n) is 12.2. The number of amides is 1. The minimum atomic E-state index is -0.0510. The molecule has 1 atom stereocenters. The summed E-state index contributed by atoms with van der Waals surface area (Å²) in [5, 5.41) is 18.8. The van der Waals surface area contributed by atoms with Gasteiger partial charge < -0.3 is 15.1 Å². The molecule has 0 saturated carbocycles. The molecule has 0 spiro atoms. The number of aryl methyl sites for hydroxylation is 2. The highest BCUT2D eigenvalue weighted by molar-refractivity contribution is 6.30. The Balaban J connectivity index is 1.35. The van der Waals surface area contributed by atoms with E-state index in [1.165, 1.54) is 12.8 Å².